The van der Waals surface area contributed by atoms with E-state index in [9.17, 15) is 9.59 Å². The van der Waals surface area contributed by atoms with E-state index in [-0.39, 0.29) is 11.1 Å². The van der Waals surface area contributed by atoms with Crippen molar-refractivity contribution in [3.8, 4) is 0 Å². The molecular formula is C17H18O4. The maximum Gasteiger partial charge on any atom is 0.338 e. The molecule has 0 saturated carbocycles. The number of hydrogen-bond acceptors (Lipinski definition) is 3. The molecule has 0 fully saturated rings. The number of benzene rings is 2. The smallest absolute Gasteiger partial charge is 0.338 e. The van der Waals surface area contributed by atoms with Crippen LogP contribution in [-0.4, -0.2) is 24.2 Å². The van der Waals surface area contributed by atoms with E-state index in [2.05, 4.69) is 42.8 Å². The van der Waals surface area contributed by atoms with Gasteiger partial charge in [-0.15, -0.1) is 0 Å². The summed E-state index contributed by atoms with van der Waals surface area (Å²) in [4.78, 5) is 21.7. The number of ether oxygens (including phenoxy) is 1. The molecule has 0 radical (unpaired) electrons. The molecule has 2 aromatic carbocycles. The van der Waals surface area contributed by atoms with Gasteiger partial charge in [-0.3, -0.25) is 0 Å². The molecule has 0 amide bonds. The van der Waals surface area contributed by atoms with Crippen molar-refractivity contribution in [3.63, 3.8) is 0 Å². The first-order valence-corrected chi connectivity index (χ1v) is 6.39. The lowest BCUT2D eigenvalue weighted by molar-refractivity contribution is 0.0582. The highest BCUT2D eigenvalue weighted by Gasteiger charge is 2.15. The van der Waals surface area contributed by atoms with Gasteiger partial charge in [0, 0.05) is 0 Å². The molecule has 0 aliphatic heterocycles. The zero-order valence-electron chi connectivity index (χ0n) is 12.3. The first kappa shape index (κ1) is 16.4. The third kappa shape index (κ3) is 5.10. The molecule has 0 unspecified atom stereocenters. The Balaban J connectivity index is 0.000000235. The van der Waals surface area contributed by atoms with Crippen molar-refractivity contribution in [1.29, 1.82) is 0 Å². The summed E-state index contributed by atoms with van der Waals surface area (Å²) in [6.07, 6.45) is 0. The van der Waals surface area contributed by atoms with Gasteiger partial charge in [-0.25, -0.2) is 9.59 Å². The fourth-order valence-corrected chi connectivity index (χ4v) is 1.59. The largest absolute Gasteiger partial charge is 0.478 e. The van der Waals surface area contributed by atoms with Gasteiger partial charge in [0.05, 0.1) is 18.2 Å². The average molecular weight is 286 g/mol. The predicted octanol–water partition coefficient (Wildman–Crippen LogP) is 3.47. The molecule has 0 atom stereocenters. The van der Waals surface area contributed by atoms with Crippen LogP contribution in [0.2, 0.25) is 0 Å². The van der Waals surface area contributed by atoms with Crippen molar-refractivity contribution < 1.29 is 19.4 Å². The summed E-state index contributed by atoms with van der Waals surface area (Å²) in [6.45, 7) is 4.19. The van der Waals surface area contributed by atoms with Crippen molar-refractivity contribution in [2.24, 2.45) is 0 Å². The molecule has 0 saturated heterocycles. The first-order valence-electron chi connectivity index (χ1n) is 6.39. The predicted molar refractivity (Wildman–Crippen MR) is 80.7 cm³/mol. The van der Waals surface area contributed by atoms with E-state index in [0.29, 0.717) is 0 Å². The number of esters is 1. The number of carbonyl (C=O) groups is 2. The van der Waals surface area contributed by atoms with Gasteiger partial charge in [0.15, 0.2) is 0 Å². The number of rotatable bonds is 2. The molecule has 1 N–H and O–H groups in total. The SMILES string of the molecule is COC(=O)c1ccccc1C(=O)O.Cc1ccc(C)cc1. The van der Waals surface area contributed by atoms with Crippen LogP contribution in [0.3, 0.4) is 0 Å². The molecule has 2 aromatic rings. The number of aromatic carboxylic acids is 1. The second-order valence-electron chi connectivity index (χ2n) is 4.50. The van der Waals surface area contributed by atoms with Crippen LogP contribution in [0.4, 0.5) is 0 Å². The Bertz CT molecular complexity index is 594. The fourth-order valence-electron chi connectivity index (χ4n) is 1.59. The van der Waals surface area contributed by atoms with Crippen LogP contribution in [-0.2, 0) is 4.74 Å². The lowest BCUT2D eigenvalue weighted by atomic mass is 10.1. The van der Waals surface area contributed by atoms with Crippen LogP contribution in [0.25, 0.3) is 0 Å². The van der Waals surface area contributed by atoms with E-state index >= 15 is 0 Å². The van der Waals surface area contributed by atoms with E-state index in [4.69, 9.17) is 5.11 Å². The fraction of sp³-hybridized carbons (Fsp3) is 0.176. The number of aryl methyl sites for hydroxylation is 2. The van der Waals surface area contributed by atoms with Crippen LogP contribution in [0.5, 0.6) is 0 Å². The summed E-state index contributed by atoms with van der Waals surface area (Å²) in [5.41, 5.74) is 2.68. The summed E-state index contributed by atoms with van der Waals surface area (Å²) in [7, 11) is 1.21. The number of methoxy groups -OCH3 is 1. The highest BCUT2D eigenvalue weighted by Crippen LogP contribution is 2.09. The van der Waals surface area contributed by atoms with Gasteiger partial charge in [-0.05, 0) is 26.0 Å². The zero-order chi connectivity index (χ0) is 15.8. The third-order valence-electron chi connectivity index (χ3n) is 2.78. The Morgan fingerprint density at radius 3 is 1.67 bits per heavy atom. The third-order valence-corrected chi connectivity index (χ3v) is 2.78. The molecule has 0 bridgehead atoms. The van der Waals surface area contributed by atoms with E-state index in [1.807, 2.05) is 0 Å². The van der Waals surface area contributed by atoms with E-state index < -0.39 is 11.9 Å². The Hall–Kier alpha value is -2.62. The molecule has 0 spiro atoms. The monoisotopic (exact) mass is 286 g/mol. The number of carboxylic acids is 1. The van der Waals surface area contributed by atoms with Crippen LogP contribution < -0.4 is 0 Å². The molecule has 0 aliphatic rings. The van der Waals surface area contributed by atoms with Crippen LogP contribution in [0.15, 0.2) is 48.5 Å². The quantitative estimate of drug-likeness (QED) is 0.858. The summed E-state index contributed by atoms with van der Waals surface area (Å²) in [5, 5.41) is 8.70. The summed E-state index contributed by atoms with van der Waals surface area (Å²) >= 11 is 0. The summed E-state index contributed by atoms with van der Waals surface area (Å²) in [5.74, 6) is -1.78. The molecule has 4 heteroatoms. The van der Waals surface area contributed by atoms with Crippen molar-refractivity contribution in [2.75, 3.05) is 7.11 Å². The van der Waals surface area contributed by atoms with E-state index in [0.717, 1.165) is 0 Å². The van der Waals surface area contributed by atoms with Crippen LogP contribution in [0, 0.1) is 13.8 Å². The molecular weight excluding hydrogens is 268 g/mol. The Labute approximate surface area is 124 Å². The highest BCUT2D eigenvalue weighted by atomic mass is 16.5. The molecule has 21 heavy (non-hydrogen) atoms. The minimum absolute atomic E-state index is 0.0469. The van der Waals surface area contributed by atoms with Crippen molar-refractivity contribution in [3.05, 3.63) is 70.8 Å². The number of carbonyl (C=O) groups excluding carboxylic acids is 1. The lowest BCUT2D eigenvalue weighted by Gasteiger charge is -2.02. The minimum Gasteiger partial charge on any atom is -0.478 e. The highest BCUT2D eigenvalue weighted by molar-refractivity contribution is 6.02. The summed E-state index contributed by atoms with van der Waals surface area (Å²) in [6, 6.07) is 14.4. The van der Waals surface area contributed by atoms with Gasteiger partial charge >= 0.3 is 11.9 Å². The first-order chi connectivity index (χ1) is 9.95. The van der Waals surface area contributed by atoms with Crippen molar-refractivity contribution >= 4 is 11.9 Å². The van der Waals surface area contributed by atoms with E-state index in [1.165, 1.54) is 30.4 Å². The normalized spacial score (nSPS) is 9.29. The number of carboxylic acid groups (broad SMARTS) is 1. The molecule has 0 aliphatic carbocycles. The van der Waals surface area contributed by atoms with Gasteiger partial charge < -0.3 is 9.84 Å². The molecule has 0 heterocycles. The van der Waals surface area contributed by atoms with Crippen LogP contribution in [0.1, 0.15) is 31.8 Å². The summed E-state index contributed by atoms with van der Waals surface area (Å²) < 4.78 is 4.42. The average Bonchev–Trinajstić information content (AvgIpc) is 2.50. The Morgan fingerprint density at radius 1 is 0.857 bits per heavy atom. The standard InChI is InChI=1S/C9H8O4.C8H10/c1-13-9(12)7-5-3-2-4-6(7)8(10)11;1-7-3-5-8(2)6-4-7/h2-5H,1H3,(H,10,11);3-6H,1-2H3. The van der Waals surface area contributed by atoms with Gasteiger partial charge in [0.1, 0.15) is 0 Å². The Kier molecular flexibility index (Phi) is 6.14. The van der Waals surface area contributed by atoms with Gasteiger partial charge in [-0.1, -0.05) is 47.5 Å². The molecule has 110 valence electrons. The minimum atomic E-state index is -1.14. The number of hydrogen-bond donors (Lipinski definition) is 1. The van der Waals surface area contributed by atoms with Gasteiger partial charge in [-0.2, -0.15) is 0 Å². The van der Waals surface area contributed by atoms with E-state index in [1.54, 1.807) is 12.1 Å². The van der Waals surface area contributed by atoms with Crippen molar-refractivity contribution in [1.82, 2.24) is 0 Å². The Morgan fingerprint density at radius 2 is 1.29 bits per heavy atom. The second kappa shape index (κ2) is 7.85. The maximum absolute atomic E-state index is 11.1. The lowest BCUT2D eigenvalue weighted by Crippen LogP contribution is -2.09. The molecule has 2 rings (SSSR count). The molecule has 0 aromatic heterocycles. The zero-order valence-corrected chi connectivity index (χ0v) is 12.3. The van der Waals surface area contributed by atoms with Gasteiger partial charge in [0.25, 0.3) is 0 Å². The van der Waals surface area contributed by atoms with Gasteiger partial charge in [0.2, 0.25) is 0 Å². The molecule has 4 nitrogen and oxygen atoms in total. The van der Waals surface area contributed by atoms with Crippen molar-refractivity contribution in [2.45, 2.75) is 13.8 Å². The topological polar surface area (TPSA) is 63.6 Å². The second-order valence-corrected chi connectivity index (χ2v) is 4.50. The van der Waals surface area contributed by atoms with Crippen LogP contribution >= 0.6 is 0 Å². The maximum atomic E-state index is 11.1.